The van der Waals surface area contributed by atoms with Gasteiger partial charge in [-0.1, -0.05) is 29.3 Å². The van der Waals surface area contributed by atoms with Crippen LogP contribution in [0.3, 0.4) is 0 Å². The van der Waals surface area contributed by atoms with Crippen LogP contribution in [0.25, 0.3) is 0 Å². The Hall–Kier alpha value is -3.73. The van der Waals surface area contributed by atoms with Crippen molar-refractivity contribution in [2.45, 2.75) is 32.6 Å². The molecule has 0 radical (unpaired) electrons. The van der Waals surface area contributed by atoms with E-state index in [1.807, 2.05) is 6.92 Å². The SMILES string of the molecule is CCCCOC(=O)c1ccc(NC(=O)CCC(=O)OCC(=O)NNC(=O)c2ccc(Br)cc2)cc1. The molecule has 0 saturated heterocycles. The van der Waals surface area contributed by atoms with Crippen LogP contribution in [0.5, 0.6) is 0 Å². The molecule has 0 aliphatic carbocycles. The maximum atomic E-state index is 12.0. The van der Waals surface area contributed by atoms with Gasteiger partial charge in [-0.05, 0) is 55.0 Å². The normalized spacial score (nSPS) is 10.1. The first-order valence-corrected chi connectivity index (χ1v) is 11.6. The van der Waals surface area contributed by atoms with Gasteiger partial charge in [-0.3, -0.25) is 30.0 Å². The topological polar surface area (TPSA) is 140 Å². The van der Waals surface area contributed by atoms with Gasteiger partial charge in [0, 0.05) is 22.1 Å². The third-order valence-corrected chi connectivity index (χ3v) is 5.01. The van der Waals surface area contributed by atoms with Crippen LogP contribution in [0.15, 0.2) is 53.0 Å². The highest BCUT2D eigenvalue weighted by Crippen LogP contribution is 2.12. The standard InChI is InChI=1S/C24H26BrN3O7/c1-2-3-14-34-24(33)17-6-10-19(11-7-17)26-20(29)12-13-22(31)35-15-21(30)27-28-23(32)16-4-8-18(25)9-5-16/h4-11H,2-3,12-15H2,1H3,(H,26,29)(H,27,30)(H,28,32). The number of hydrazine groups is 1. The summed E-state index contributed by atoms with van der Waals surface area (Å²) in [5.41, 5.74) is 5.49. The zero-order valence-corrected chi connectivity index (χ0v) is 20.7. The van der Waals surface area contributed by atoms with Gasteiger partial charge in [-0.15, -0.1) is 0 Å². The first-order chi connectivity index (χ1) is 16.8. The van der Waals surface area contributed by atoms with E-state index < -0.39 is 36.3 Å². The molecule has 2 aromatic carbocycles. The third kappa shape index (κ3) is 10.4. The van der Waals surface area contributed by atoms with Crippen LogP contribution in [-0.4, -0.2) is 42.9 Å². The fourth-order valence-corrected chi connectivity index (χ4v) is 2.84. The summed E-state index contributed by atoms with van der Waals surface area (Å²) in [5.74, 6) is -2.89. The predicted molar refractivity (Wildman–Crippen MR) is 130 cm³/mol. The molecule has 0 atom stereocenters. The summed E-state index contributed by atoms with van der Waals surface area (Å²) in [6.07, 6.45) is 1.30. The van der Waals surface area contributed by atoms with Gasteiger partial charge >= 0.3 is 11.9 Å². The zero-order valence-electron chi connectivity index (χ0n) is 19.1. The maximum absolute atomic E-state index is 12.0. The summed E-state index contributed by atoms with van der Waals surface area (Å²) >= 11 is 3.25. The minimum Gasteiger partial charge on any atom is -0.462 e. The summed E-state index contributed by atoms with van der Waals surface area (Å²) in [6.45, 7) is 1.74. The predicted octanol–water partition coefficient (Wildman–Crippen LogP) is 3.13. The molecular weight excluding hydrogens is 522 g/mol. The second-order valence-electron chi connectivity index (χ2n) is 7.28. The molecule has 0 saturated carbocycles. The van der Waals surface area contributed by atoms with Gasteiger partial charge in [0.15, 0.2) is 6.61 Å². The largest absolute Gasteiger partial charge is 0.462 e. The molecule has 3 N–H and O–H groups in total. The average molecular weight is 548 g/mol. The van der Waals surface area contributed by atoms with E-state index in [2.05, 4.69) is 32.1 Å². The van der Waals surface area contributed by atoms with Crippen molar-refractivity contribution in [2.24, 2.45) is 0 Å². The Balaban J connectivity index is 1.64. The van der Waals surface area contributed by atoms with Crippen molar-refractivity contribution in [1.82, 2.24) is 10.9 Å². The van der Waals surface area contributed by atoms with Crippen molar-refractivity contribution < 1.29 is 33.4 Å². The number of hydrogen-bond acceptors (Lipinski definition) is 7. The van der Waals surface area contributed by atoms with Crippen molar-refractivity contribution in [2.75, 3.05) is 18.5 Å². The maximum Gasteiger partial charge on any atom is 0.338 e. The van der Waals surface area contributed by atoms with Crippen LogP contribution in [0.2, 0.25) is 0 Å². The van der Waals surface area contributed by atoms with Crippen molar-refractivity contribution in [3.63, 3.8) is 0 Å². The van der Waals surface area contributed by atoms with Crippen LogP contribution in [0, 0.1) is 0 Å². The second kappa shape index (κ2) is 14.5. The van der Waals surface area contributed by atoms with Crippen LogP contribution >= 0.6 is 15.9 Å². The quantitative estimate of drug-likeness (QED) is 0.223. The first-order valence-electron chi connectivity index (χ1n) is 10.9. The number of hydrogen-bond donors (Lipinski definition) is 3. The molecule has 186 valence electrons. The lowest BCUT2D eigenvalue weighted by molar-refractivity contribution is -0.149. The number of halogens is 1. The van der Waals surface area contributed by atoms with E-state index in [1.54, 1.807) is 36.4 Å². The van der Waals surface area contributed by atoms with Gasteiger partial charge in [-0.2, -0.15) is 0 Å². The molecule has 2 aromatic rings. The van der Waals surface area contributed by atoms with E-state index in [9.17, 15) is 24.0 Å². The summed E-state index contributed by atoms with van der Waals surface area (Å²) in [5, 5.41) is 2.60. The molecule has 0 aliphatic rings. The van der Waals surface area contributed by atoms with Crippen molar-refractivity contribution in [1.29, 1.82) is 0 Å². The van der Waals surface area contributed by atoms with Gasteiger partial charge < -0.3 is 14.8 Å². The Morgan fingerprint density at radius 1 is 0.800 bits per heavy atom. The number of carbonyl (C=O) groups is 5. The van der Waals surface area contributed by atoms with E-state index in [-0.39, 0.29) is 12.8 Å². The molecule has 0 aliphatic heterocycles. The molecule has 0 fully saturated rings. The highest BCUT2D eigenvalue weighted by Gasteiger charge is 2.13. The number of ether oxygens (including phenoxy) is 2. The Labute approximate surface area is 210 Å². The highest BCUT2D eigenvalue weighted by molar-refractivity contribution is 9.10. The van der Waals surface area contributed by atoms with Crippen molar-refractivity contribution in [3.8, 4) is 0 Å². The molecule has 35 heavy (non-hydrogen) atoms. The second-order valence-corrected chi connectivity index (χ2v) is 8.20. The van der Waals surface area contributed by atoms with Crippen LogP contribution in [0.1, 0.15) is 53.3 Å². The van der Waals surface area contributed by atoms with E-state index in [0.717, 1.165) is 17.3 Å². The number of amides is 3. The number of esters is 2. The lowest BCUT2D eigenvalue weighted by atomic mass is 10.2. The molecule has 0 unspecified atom stereocenters. The summed E-state index contributed by atoms with van der Waals surface area (Å²) in [7, 11) is 0. The number of nitrogens with one attached hydrogen (secondary N) is 3. The zero-order chi connectivity index (χ0) is 25.6. The lowest BCUT2D eigenvalue weighted by Gasteiger charge is -2.09. The first kappa shape index (κ1) is 27.5. The van der Waals surface area contributed by atoms with Crippen LogP contribution in [-0.2, 0) is 23.9 Å². The number of benzene rings is 2. The Bertz CT molecular complexity index is 1040. The van der Waals surface area contributed by atoms with Crippen molar-refractivity contribution in [3.05, 3.63) is 64.1 Å². The summed E-state index contributed by atoms with van der Waals surface area (Å²) < 4.78 is 10.7. The van der Waals surface area contributed by atoms with E-state index in [1.165, 1.54) is 12.1 Å². The minimum absolute atomic E-state index is 0.165. The van der Waals surface area contributed by atoms with Crippen LogP contribution < -0.4 is 16.2 Å². The Kier molecular flexibility index (Phi) is 11.4. The molecular formula is C24H26BrN3O7. The molecule has 10 nitrogen and oxygen atoms in total. The highest BCUT2D eigenvalue weighted by atomic mass is 79.9. The van der Waals surface area contributed by atoms with Gasteiger partial charge in [0.05, 0.1) is 18.6 Å². The molecule has 0 bridgehead atoms. The average Bonchev–Trinajstić information content (AvgIpc) is 2.85. The van der Waals surface area contributed by atoms with Gasteiger partial charge in [0.1, 0.15) is 0 Å². The number of rotatable bonds is 11. The smallest absolute Gasteiger partial charge is 0.338 e. The molecule has 0 heterocycles. The van der Waals surface area contributed by atoms with E-state index in [4.69, 9.17) is 9.47 Å². The van der Waals surface area contributed by atoms with E-state index in [0.29, 0.717) is 23.4 Å². The van der Waals surface area contributed by atoms with Crippen LogP contribution in [0.4, 0.5) is 5.69 Å². The number of carbonyl (C=O) groups excluding carboxylic acids is 5. The molecule has 0 aromatic heterocycles. The number of anilines is 1. The summed E-state index contributed by atoms with van der Waals surface area (Å²) in [4.78, 5) is 59.4. The fraction of sp³-hybridized carbons (Fsp3) is 0.292. The van der Waals surface area contributed by atoms with Gasteiger partial charge in [0.25, 0.3) is 11.8 Å². The fourth-order valence-electron chi connectivity index (χ4n) is 2.58. The molecule has 3 amide bonds. The molecule has 11 heteroatoms. The molecule has 2 rings (SSSR count). The summed E-state index contributed by atoms with van der Waals surface area (Å²) in [6, 6.07) is 12.7. The Morgan fingerprint density at radius 3 is 2.11 bits per heavy atom. The number of unbranched alkanes of at least 4 members (excludes halogenated alkanes) is 1. The van der Waals surface area contributed by atoms with Gasteiger partial charge in [-0.25, -0.2) is 4.79 Å². The van der Waals surface area contributed by atoms with Crippen molar-refractivity contribution >= 4 is 51.3 Å². The van der Waals surface area contributed by atoms with E-state index >= 15 is 0 Å². The lowest BCUT2D eigenvalue weighted by Crippen LogP contribution is -2.43. The van der Waals surface area contributed by atoms with Gasteiger partial charge in [0.2, 0.25) is 5.91 Å². The molecule has 0 spiro atoms. The third-order valence-electron chi connectivity index (χ3n) is 4.48. The Morgan fingerprint density at radius 2 is 1.46 bits per heavy atom. The minimum atomic E-state index is -0.750. The monoisotopic (exact) mass is 547 g/mol.